The summed E-state index contributed by atoms with van der Waals surface area (Å²) in [5, 5.41) is 0. The quantitative estimate of drug-likeness (QED) is 0.572. The molecule has 2 heterocycles. The highest BCUT2D eigenvalue weighted by Gasteiger charge is 1.98. The van der Waals surface area contributed by atoms with Gasteiger partial charge in [-0.15, -0.1) is 0 Å². The number of aromatic amines is 1. The molecule has 2 aromatic heterocycles. The van der Waals surface area contributed by atoms with Crippen LogP contribution in [0.15, 0.2) is 18.2 Å². The van der Waals surface area contributed by atoms with Gasteiger partial charge < -0.3 is 4.98 Å². The van der Waals surface area contributed by atoms with Crippen LogP contribution in [0.5, 0.6) is 0 Å². The largest absolute Gasteiger partial charge is 0.357 e. The van der Waals surface area contributed by atoms with Gasteiger partial charge in [-0.1, -0.05) is 0 Å². The maximum Gasteiger partial charge on any atom is 0.213 e. The Hall–Kier alpha value is -1.38. The summed E-state index contributed by atoms with van der Waals surface area (Å²) in [7, 11) is 0. The van der Waals surface area contributed by atoms with Gasteiger partial charge in [0.2, 0.25) is 5.95 Å². The van der Waals surface area contributed by atoms with E-state index in [1.165, 1.54) is 6.07 Å². The molecule has 3 heteroatoms. The molecule has 2 rings (SSSR count). The first-order valence-corrected chi connectivity index (χ1v) is 3.37. The van der Waals surface area contributed by atoms with E-state index in [0.717, 1.165) is 11.2 Å². The smallest absolute Gasteiger partial charge is 0.213 e. The van der Waals surface area contributed by atoms with Crippen molar-refractivity contribution in [2.45, 2.75) is 6.92 Å². The fraction of sp³-hybridized carbons (Fsp3) is 0.125. The number of rotatable bonds is 0. The van der Waals surface area contributed by atoms with Crippen LogP contribution in [0.3, 0.4) is 0 Å². The van der Waals surface area contributed by atoms with Crippen LogP contribution in [0.25, 0.3) is 11.0 Å². The average molecular weight is 150 g/mol. The minimum atomic E-state index is -0.434. The lowest BCUT2D eigenvalue weighted by Crippen LogP contribution is -1.79. The summed E-state index contributed by atoms with van der Waals surface area (Å²) in [5.74, 6) is -0.434. The molecule has 0 saturated carbocycles. The SMILES string of the molecule is Cc1cc2nc(F)ccc2[nH]1. The van der Waals surface area contributed by atoms with Crippen molar-refractivity contribution in [2.24, 2.45) is 0 Å². The van der Waals surface area contributed by atoms with E-state index in [4.69, 9.17) is 0 Å². The van der Waals surface area contributed by atoms with Gasteiger partial charge in [-0.2, -0.15) is 4.39 Å². The number of hydrogen-bond donors (Lipinski definition) is 1. The molecule has 0 aliphatic carbocycles. The molecule has 0 atom stereocenters. The second kappa shape index (κ2) is 2.05. The molecule has 0 radical (unpaired) electrons. The number of nitrogens with zero attached hydrogens (tertiary/aromatic N) is 1. The third kappa shape index (κ3) is 0.981. The van der Waals surface area contributed by atoms with Crippen LogP contribution in [0.1, 0.15) is 5.69 Å². The van der Waals surface area contributed by atoms with E-state index in [-0.39, 0.29) is 0 Å². The van der Waals surface area contributed by atoms with E-state index in [1.54, 1.807) is 6.07 Å². The van der Waals surface area contributed by atoms with Gasteiger partial charge in [-0.25, -0.2) is 4.98 Å². The van der Waals surface area contributed by atoms with E-state index in [9.17, 15) is 4.39 Å². The highest BCUT2D eigenvalue weighted by Crippen LogP contribution is 2.11. The lowest BCUT2D eigenvalue weighted by molar-refractivity contribution is 0.589. The van der Waals surface area contributed by atoms with Crippen molar-refractivity contribution in [3.8, 4) is 0 Å². The molecule has 2 nitrogen and oxygen atoms in total. The van der Waals surface area contributed by atoms with Crippen molar-refractivity contribution in [2.75, 3.05) is 0 Å². The summed E-state index contributed by atoms with van der Waals surface area (Å²) in [5.41, 5.74) is 2.56. The number of aromatic nitrogens is 2. The number of hydrogen-bond acceptors (Lipinski definition) is 1. The molecule has 1 N–H and O–H groups in total. The lowest BCUT2D eigenvalue weighted by Gasteiger charge is -1.86. The first-order valence-electron chi connectivity index (χ1n) is 3.37. The maximum absolute atomic E-state index is 12.5. The summed E-state index contributed by atoms with van der Waals surface area (Å²) >= 11 is 0. The van der Waals surface area contributed by atoms with E-state index in [1.807, 2.05) is 13.0 Å². The first-order chi connectivity index (χ1) is 5.25. The van der Waals surface area contributed by atoms with Gasteiger partial charge in [0.25, 0.3) is 0 Å². The third-order valence-corrected chi connectivity index (χ3v) is 1.58. The van der Waals surface area contributed by atoms with Gasteiger partial charge in [0.1, 0.15) is 0 Å². The third-order valence-electron chi connectivity index (χ3n) is 1.58. The Kier molecular flexibility index (Phi) is 1.18. The summed E-state index contributed by atoms with van der Waals surface area (Å²) in [4.78, 5) is 6.76. The van der Waals surface area contributed by atoms with Crippen molar-refractivity contribution < 1.29 is 4.39 Å². The Bertz CT molecular complexity index is 392. The number of H-pyrrole nitrogens is 1. The van der Waals surface area contributed by atoms with Crippen LogP contribution in [-0.2, 0) is 0 Å². The molecule has 2 aromatic rings. The van der Waals surface area contributed by atoms with Gasteiger partial charge in [0, 0.05) is 5.69 Å². The minimum absolute atomic E-state index is 0.434. The normalized spacial score (nSPS) is 10.7. The van der Waals surface area contributed by atoms with E-state index >= 15 is 0 Å². The van der Waals surface area contributed by atoms with Crippen LogP contribution < -0.4 is 0 Å². The van der Waals surface area contributed by atoms with Crippen molar-refractivity contribution in [1.82, 2.24) is 9.97 Å². The second-order valence-electron chi connectivity index (χ2n) is 2.52. The molecule has 0 fully saturated rings. The van der Waals surface area contributed by atoms with Gasteiger partial charge in [0.15, 0.2) is 0 Å². The summed E-state index contributed by atoms with van der Waals surface area (Å²) < 4.78 is 12.5. The van der Waals surface area contributed by atoms with Crippen LogP contribution in [0, 0.1) is 12.9 Å². The Labute approximate surface area is 63.1 Å². The molecule has 0 aromatic carbocycles. The number of aryl methyl sites for hydroxylation is 1. The zero-order valence-electron chi connectivity index (χ0n) is 6.06. The van der Waals surface area contributed by atoms with Gasteiger partial charge in [-0.3, -0.25) is 0 Å². The van der Waals surface area contributed by atoms with Crippen molar-refractivity contribution >= 4 is 11.0 Å². The topological polar surface area (TPSA) is 28.7 Å². The fourth-order valence-corrected chi connectivity index (χ4v) is 1.12. The van der Waals surface area contributed by atoms with Crippen LogP contribution in [-0.4, -0.2) is 9.97 Å². The molecule has 11 heavy (non-hydrogen) atoms. The molecule has 0 spiro atoms. The standard InChI is InChI=1S/C8H7FN2/c1-5-4-7-6(10-5)2-3-8(9)11-7/h2-4,10H,1H3. The van der Waals surface area contributed by atoms with Crippen molar-refractivity contribution in [3.05, 3.63) is 29.8 Å². The molecule has 0 unspecified atom stereocenters. The van der Waals surface area contributed by atoms with Crippen LogP contribution in [0.4, 0.5) is 4.39 Å². The average Bonchev–Trinajstić information content (AvgIpc) is 2.27. The minimum Gasteiger partial charge on any atom is -0.357 e. The zero-order valence-corrected chi connectivity index (χ0v) is 6.06. The molecular weight excluding hydrogens is 143 g/mol. The molecular formula is C8H7FN2. The second-order valence-corrected chi connectivity index (χ2v) is 2.52. The Morgan fingerprint density at radius 3 is 3.09 bits per heavy atom. The highest BCUT2D eigenvalue weighted by atomic mass is 19.1. The Balaban J connectivity index is 2.82. The van der Waals surface area contributed by atoms with Crippen LogP contribution >= 0.6 is 0 Å². The predicted molar refractivity (Wildman–Crippen MR) is 40.8 cm³/mol. The summed E-state index contributed by atoms with van der Waals surface area (Å²) in [6.07, 6.45) is 0. The number of nitrogens with one attached hydrogen (secondary N) is 1. The molecule has 56 valence electrons. The van der Waals surface area contributed by atoms with Gasteiger partial charge >= 0.3 is 0 Å². The van der Waals surface area contributed by atoms with Crippen molar-refractivity contribution in [3.63, 3.8) is 0 Å². The first kappa shape index (κ1) is 6.34. The van der Waals surface area contributed by atoms with E-state index < -0.39 is 5.95 Å². The van der Waals surface area contributed by atoms with Gasteiger partial charge in [-0.05, 0) is 25.1 Å². The predicted octanol–water partition coefficient (Wildman–Crippen LogP) is 2.01. The number of pyridine rings is 1. The number of fused-ring (bicyclic) bond motifs is 1. The highest BCUT2D eigenvalue weighted by molar-refractivity contribution is 5.75. The molecule has 0 aliphatic rings. The summed E-state index contributed by atoms with van der Waals surface area (Å²) in [6, 6.07) is 4.85. The van der Waals surface area contributed by atoms with Gasteiger partial charge in [0.05, 0.1) is 11.0 Å². The molecule has 0 bridgehead atoms. The lowest BCUT2D eigenvalue weighted by atomic mass is 10.4. The maximum atomic E-state index is 12.5. The molecule has 0 aliphatic heterocycles. The molecule has 0 amide bonds. The Morgan fingerprint density at radius 2 is 2.27 bits per heavy atom. The fourth-order valence-electron chi connectivity index (χ4n) is 1.12. The Morgan fingerprint density at radius 1 is 1.45 bits per heavy atom. The van der Waals surface area contributed by atoms with E-state index in [0.29, 0.717) is 5.52 Å². The molecule has 0 saturated heterocycles. The summed E-state index contributed by atoms with van der Waals surface area (Å²) in [6.45, 7) is 1.92. The zero-order chi connectivity index (χ0) is 7.84. The number of halogens is 1. The van der Waals surface area contributed by atoms with E-state index in [2.05, 4.69) is 9.97 Å². The van der Waals surface area contributed by atoms with Crippen molar-refractivity contribution in [1.29, 1.82) is 0 Å². The van der Waals surface area contributed by atoms with Crippen LogP contribution in [0.2, 0.25) is 0 Å². The monoisotopic (exact) mass is 150 g/mol.